The second kappa shape index (κ2) is 9.94. The molecule has 0 aromatic carbocycles. The number of halogens is 1. The van der Waals surface area contributed by atoms with Gasteiger partial charge in [0.1, 0.15) is 0 Å². The van der Waals surface area contributed by atoms with Gasteiger partial charge in [-0.15, -0.1) is 24.0 Å². The van der Waals surface area contributed by atoms with Crippen LogP contribution in [0.5, 0.6) is 0 Å². The number of hydrogen-bond donors (Lipinski definition) is 2. The molecule has 0 aromatic heterocycles. The molecule has 1 aliphatic rings. The van der Waals surface area contributed by atoms with Crippen LogP contribution in [-0.2, 0) is 0 Å². The van der Waals surface area contributed by atoms with Crippen LogP contribution in [0.25, 0.3) is 0 Å². The summed E-state index contributed by atoms with van der Waals surface area (Å²) in [5.74, 6) is 0.574. The first-order valence-electron chi connectivity index (χ1n) is 6.47. The summed E-state index contributed by atoms with van der Waals surface area (Å²) < 4.78 is 0. The highest BCUT2D eigenvalue weighted by Crippen LogP contribution is 2.08. The average Bonchev–Trinajstić information content (AvgIpc) is 2.45. The SMILES string of the molecule is CC(C)NC(N)=NCCN1CCCCCC1.I. The number of hydrogen-bond acceptors (Lipinski definition) is 2. The van der Waals surface area contributed by atoms with Crippen molar-refractivity contribution in [2.75, 3.05) is 26.2 Å². The standard InChI is InChI=1S/C12H26N4.HI/c1-11(2)15-12(13)14-7-10-16-8-5-3-4-6-9-16;/h11H,3-10H2,1-2H3,(H3,13,14,15);1H. The summed E-state index contributed by atoms with van der Waals surface area (Å²) in [6, 6.07) is 0.363. The third kappa shape index (κ3) is 8.65. The quantitative estimate of drug-likeness (QED) is 0.460. The van der Waals surface area contributed by atoms with E-state index in [1.165, 1.54) is 38.8 Å². The maximum Gasteiger partial charge on any atom is 0.188 e. The molecule has 0 unspecified atom stereocenters. The van der Waals surface area contributed by atoms with Crippen LogP contribution < -0.4 is 11.1 Å². The lowest BCUT2D eigenvalue weighted by Gasteiger charge is -2.18. The van der Waals surface area contributed by atoms with Gasteiger partial charge in [0.25, 0.3) is 0 Å². The van der Waals surface area contributed by atoms with Crippen molar-refractivity contribution in [2.24, 2.45) is 10.7 Å². The fourth-order valence-corrected chi connectivity index (χ4v) is 2.01. The molecule has 1 rings (SSSR count). The van der Waals surface area contributed by atoms with Gasteiger partial charge >= 0.3 is 0 Å². The largest absolute Gasteiger partial charge is 0.370 e. The van der Waals surface area contributed by atoms with Gasteiger partial charge in [0, 0.05) is 12.6 Å². The Labute approximate surface area is 122 Å². The van der Waals surface area contributed by atoms with E-state index in [4.69, 9.17) is 5.73 Å². The number of guanidine groups is 1. The summed E-state index contributed by atoms with van der Waals surface area (Å²) in [6.45, 7) is 8.44. The van der Waals surface area contributed by atoms with Gasteiger partial charge < -0.3 is 16.0 Å². The topological polar surface area (TPSA) is 53.6 Å². The van der Waals surface area contributed by atoms with Gasteiger partial charge in [-0.1, -0.05) is 12.8 Å². The minimum atomic E-state index is 0. The van der Waals surface area contributed by atoms with Crippen LogP contribution in [0.15, 0.2) is 4.99 Å². The fourth-order valence-electron chi connectivity index (χ4n) is 2.01. The zero-order chi connectivity index (χ0) is 11.8. The molecule has 0 aliphatic carbocycles. The summed E-state index contributed by atoms with van der Waals surface area (Å²) in [7, 11) is 0. The molecule has 0 spiro atoms. The van der Waals surface area contributed by atoms with Gasteiger partial charge in [-0.25, -0.2) is 0 Å². The second-order valence-corrected chi connectivity index (χ2v) is 4.82. The molecule has 0 aromatic rings. The molecule has 0 saturated carbocycles. The molecule has 1 heterocycles. The van der Waals surface area contributed by atoms with E-state index < -0.39 is 0 Å². The van der Waals surface area contributed by atoms with E-state index in [2.05, 4.69) is 29.1 Å². The Morgan fingerprint density at radius 3 is 2.35 bits per heavy atom. The van der Waals surface area contributed by atoms with Crippen LogP contribution in [0.3, 0.4) is 0 Å². The Kier molecular flexibility index (Phi) is 9.91. The highest BCUT2D eigenvalue weighted by atomic mass is 127. The van der Waals surface area contributed by atoms with E-state index in [1.54, 1.807) is 0 Å². The molecule has 5 heteroatoms. The van der Waals surface area contributed by atoms with Crippen molar-refractivity contribution in [3.8, 4) is 0 Å². The third-order valence-corrected chi connectivity index (χ3v) is 2.83. The monoisotopic (exact) mass is 354 g/mol. The van der Waals surface area contributed by atoms with Gasteiger partial charge in [0.05, 0.1) is 6.54 Å². The highest BCUT2D eigenvalue weighted by Gasteiger charge is 2.07. The molecule has 3 N–H and O–H groups in total. The lowest BCUT2D eigenvalue weighted by Crippen LogP contribution is -2.37. The summed E-state index contributed by atoms with van der Waals surface area (Å²) >= 11 is 0. The lowest BCUT2D eigenvalue weighted by molar-refractivity contribution is 0.293. The van der Waals surface area contributed by atoms with Crippen molar-refractivity contribution >= 4 is 29.9 Å². The Balaban J connectivity index is 0.00000256. The van der Waals surface area contributed by atoms with E-state index in [-0.39, 0.29) is 24.0 Å². The number of nitrogens with zero attached hydrogens (tertiary/aromatic N) is 2. The van der Waals surface area contributed by atoms with Crippen LogP contribution in [-0.4, -0.2) is 43.1 Å². The molecule has 0 atom stereocenters. The molecule has 1 fully saturated rings. The molecule has 17 heavy (non-hydrogen) atoms. The van der Waals surface area contributed by atoms with Crippen molar-refractivity contribution in [3.63, 3.8) is 0 Å². The van der Waals surface area contributed by atoms with E-state index in [9.17, 15) is 0 Å². The minimum absolute atomic E-state index is 0. The van der Waals surface area contributed by atoms with Gasteiger partial charge in [0.15, 0.2) is 5.96 Å². The number of nitrogens with one attached hydrogen (secondary N) is 1. The minimum Gasteiger partial charge on any atom is -0.370 e. The first-order valence-corrected chi connectivity index (χ1v) is 6.47. The number of likely N-dealkylation sites (tertiary alicyclic amines) is 1. The van der Waals surface area contributed by atoms with E-state index in [0.29, 0.717) is 12.0 Å². The summed E-state index contributed by atoms with van der Waals surface area (Å²) in [4.78, 5) is 6.83. The van der Waals surface area contributed by atoms with Crippen LogP contribution >= 0.6 is 24.0 Å². The Hall–Kier alpha value is -0.0400. The second-order valence-electron chi connectivity index (χ2n) is 4.82. The fraction of sp³-hybridized carbons (Fsp3) is 0.917. The maximum atomic E-state index is 5.74. The van der Waals surface area contributed by atoms with Gasteiger partial charge in [-0.05, 0) is 39.8 Å². The van der Waals surface area contributed by atoms with E-state index in [0.717, 1.165) is 13.1 Å². The van der Waals surface area contributed by atoms with Crippen molar-refractivity contribution in [2.45, 2.75) is 45.6 Å². The third-order valence-electron chi connectivity index (χ3n) is 2.83. The molecular formula is C12H27IN4. The first kappa shape index (κ1) is 17.0. The van der Waals surface area contributed by atoms with Crippen LogP contribution in [0.2, 0.25) is 0 Å². The molecule has 1 saturated heterocycles. The van der Waals surface area contributed by atoms with Gasteiger partial charge in [-0.2, -0.15) is 0 Å². The van der Waals surface area contributed by atoms with Gasteiger partial charge in [0.2, 0.25) is 0 Å². The zero-order valence-electron chi connectivity index (χ0n) is 11.1. The maximum absolute atomic E-state index is 5.74. The molecule has 0 amide bonds. The lowest BCUT2D eigenvalue weighted by atomic mass is 10.2. The Morgan fingerprint density at radius 2 is 1.82 bits per heavy atom. The smallest absolute Gasteiger partial charge is 0.188 e. The highest BCUT2D eigenvalue weighted by molar-refractivity contribution is 14.0. The van der Waals surface area contributed by atoms with E-state index in [1.807, 2.05) is 0 Å². The summed E-state index contributed by atoms with van der Waals surface area (Å²) in [5.41, 5.74) is 5.74. The van der Waals surface area contributed by atoms with Crippen molar-refractivity contribution in [1.29, 1.82) is 0 Å². The number of rotatable bonds is 4. The van der Waals surface area contributed by atoms with Crippen molar-refractivity contribution in [3.05, 3.63) is 0 Å². The predicted molar refractivity (Wildman–Crippen MR) is 85.1 cm³/mol. The Bertz CT molecular complexity index is 211. The molecule has 0 bridgehead atoms. The average molecular weight is 354 g/mol. The van der Waals surface area contributed by atoms with Crippen LogP contribution in [0.1, 0.15) is 39.5 Å². The molecule has 0 radical (unpaired) electrons. The molecule has 102 valence electrons. The predicted octanol–water partition coefficient (Wildman–Crippen LogP) is 1.79. The normalized spacial score (nSPS) is 18.6. The summed E-state index contributed by atoms with van der Waals surface area (Å²) in [5, 5.41) is 3.10. The van der Waals surface area contributed by atoms with Crippen molar-refractivity contribution < 1.29 is 0 Å². The Morgan fingerprint density at radius 1 is 1.24 bits per heavy atom. The van der Waals surface area contributed by atoms with E-state index >= 15 is 0 Å². The summed E-state index contributed by atoms with van der Waals surface area (Å²) in [6.07, 6.45) is 5.44. The zero-order valence-corrected chi connectivity index (χ0v) is 13.4. The van der Waals surface area contributed by atoms with Crippen LogP contribution in [0.4, 0.5) is 0 Å². The molecule has 4 nitrogen and oxygen atoms in total. The number of aliphatic imine (C=N–C) groups is 1. The number of nitrogens with two attached hydrogens (primary N) is 1. The van der Waals surface area contributed by atoms with Gasteiger partial charge in [-0.3, -0.25) is 4.99 Å². The van der Waals surface area contributed by atoms with Crippen molar-refractivity contribution in [1.82, 2.24) is 10.2 Å². The van der Waals surface area contributed by atoms with Crippen LogP contribution in [0, 0.1) is 0 Å². The molecular weight excluding hydrogens is 327 g/mol. The first-order chi connectivity index (χ1) is 7.68. The molecule has 1 aliphatic heterocycles.